The summed E-state index contributed by atoms with van der Waals surface area (Å²) in [6.45, 7) is 12.5. The van der Waals surface area contributed by atoms with E-state index in [2.05, 4.69) is 36.2 Å². The second-order valence-corrected chi connectivity index (χ2v) is 6.54. The Morgan fingerprint density at radius 1 is 1.09 bits per heavy atom. The van der Waals surface area contributed by atoms with Crippen LogP contribution >= 0.6 is 0 Å². The molecule has 1 N–H and O–H groups in total. The second-order valence-electron chi connectivity index (χ2n) is 6.54. The normalized spacial score (nSPS) is 11.7. The number of rotatable bonds is 10. The summed E-state index contributed by atoms with van der Waals surface area (Å²) in [4.78, 5) is 14.8. The van der Waals surface area contributed by atoms with E-state index in [0.29, 0.717) is 0 Å². The van der Waals surface area contributed by atoms with E-state index in [4.69, 9.17) is 0 Å². The van der Waals surface area contributed by atoms with Gasteiger partial charge in [0.25, 0.3) is 0 Å². The molecule has 0 aliphatic carbocycles. The van der Waals surface area contributed by atoms with Crippen molar-refractivity contribution in [3.05, 3.63) is 35.9 Å². The predicted molar refractivity (Wildman–Crippen MR) is 94.0 cm³/mol. The van der Waals surface area contributed by atoms with E-state index in [1.165, 1.54) is 5.56 Å². The van der Waals surface area contributed by atoms with Gasteiger partial charge >= 0.3 is 0 Å². The molecule has 1 amide bonds. The van der Waals surface area contributed by atoms with Gasteiger partial charge in [-0.25, -0.2) is 0 Å². The molecule has 0 saturated heterocycles. The number of unbranched alkanes of at least 4 members (excludes halogenated alkanes) is 1. The number of benzene rings is 1. The van der Waals surface area contributed by atoms with E-state index in [9.17, 15) is 4.79 Å². The van der Waals surface area contributed by atoms with Crippen LogP contribution in [0.5, 0.6) is 0 Å². The first-order valence-corrected chi connectivity index (χ1v) is 8.54. The molecule has 0 spiro atoms. The van der Waals surface area contributed by atoms with Crippen LogP contribution in [0.25, 0.3) is 0 Å². The van der Waals surface area contributed by atoms with Crippen LogP contribution in [0.15, 0.2) is 30.3 Å². The number of amides is 1. The average molecular weight is 304 g/mol. The minimum absolute atomic E-state index is 0.152. The molecular weight excluding hydrogens is 272 g/mol. The van der Waals surface area contributed by atoms with Crippen molar-refractivity contribution >= 4 is 5.91 Å². The molecule has 0 bridgehead atoms. The highest BCUT2D eigenvalue weighted by Gasteiger charge is 2.27. The van der Waals surface area contributed by atoms with Crippen molar-refractivity contribution in [2.24, 2.45) is 5.41 Å². The lowest BCUT2D eigenvalue weighted by Gasteiger charge is -2.24. The molecule has 0 heterocycles. The highest BCUT2D eigenvalue weighted by atomic mass is 16.2. The second kappa shape index (κ2) is 9.62. The van der Waals surface area contributed by atoms with Crippen molar-refractivity contribution in [2.75, 3.05) is 26.2 Å². The SMILES string of the molecule is CCN(CC)CCCCNC(=O)C(C)(C)Cc1ccccc1. The van der Waals surface area contributed by atoms with E-state index < -0.39 is 0 Å². The molecule has 0 aromatic heterocycles. The third-order valence-corrected chi connectivity index (χ3v) is 4.18. The monoisotopic (exact) mass is 304 g/mol. The van der Waals surface area contributed by atoms with E-state index in [-0.39, 0.29) is 11.3 Å². The lowest BCUT2D eigenvalue weighted by atomic mass is 9.85. The number of nitrogens with zero attached hydrogens (tertiary/aromatic N) is 1. The van der Waals surface area contributed by atoms with Crippen molar-refractivity contribution < 1.29 is 4.79 Å². The summed E-state index contributed by atoms with van der Waals surface area (Å²) in [5.74, 6) is 0.152. The fourth-order valence-electron chi connectivity index (χ4n) is 2.63. The predicted octanol–water partition coefficient (Wildman–Crippen LogP) is 3.49. The zero-order chi connectivity index (χ0) is 16.4. The lowest BCUT2D eigenvalue weighted by molar-refractivity contribution is -0.129. The molecule has 22 heavy (non-hydrogen) atoms. The first-order chi connectivity index (χ1) is 10.5. The third-order valence-electron chi connectivity index (χ3n) is 4.18. The Hall–Kier alpha value is -1.35. The summed E-state index contributed by atoms with van der Waals surface area (Å²) in [5, 5.41) is 3.10. The van der Waals surface area contributed by atoms with E-state index >= 15 is 0 Å². The van der Waals surface area contributed by atoms with Gasteiger partial charge in [-0.2, -0.15) is 0 Å². The van der Waals surface area contributed by atoms with E-state index in [1.54, 1.807) is 0 Å². The zero-order valence-electron chi connectivity index (χ0n) is 14.7. The minimum atomic E-state index is -0.361. The highest BCUT2D eigenvalue weighted by molar-refractivity contribution is 5.82. The standard InChI is InChI=1S/C19H32N2O/c1-5-21(6-2)15-11-10-14-20-18(22)19(3,4)16-17-12-8-7-9-13-17/h7-9,12-13H,5-6,10-11,14-16H2,1-4H3,(H,20,22). The zero-order valence-corrected chi connectivity index (χ0v) is 14.7. The van der Waals surface area contributed by atoms with Gasteiger partial charge in [-0.1, -0.05) is 58.0 Å². The van der Waals surface area contributed by atoms with Gasteiger partial charge in [-0.15, -0.1) is 0 Å². The largest absolute Gasteiger partial charge is 0.356 e. The van der Waals surface area contributed by atoms with Gasteiger partial charge in [-0.05, 0) is 44.5 Å². The molecule has 0 atom stereocenters. The molecule has 0 fully saturated rings. The van der Waals surface area contributed by atoms with Crippen molar-refractivity contribution in [1.29, 1.82) is 0 Å². The molecule has 1 aromatic rings. The van der Waals surface area contributed by atoms with Gasteiger partial charge in [0.2, 0.25) is 5.91 Å². The number of carbonyl (C=O) groups is 1. The van der Waals surface area contributed by atoms with Gasteiger partial charge < -0.3 is 10.2 Å². The smallest absolute Gasteiger partial charge is 0.225 e. The summed E-state index contributed by atoms with van der Waals surface area (Å²) >= 11 is 0. The van der Waals surface area contributed by atoms with Gasteiger partial charge in [0.05, 0.1) is 0 Å². The Kier molecular flexibility index (Phi) is 8.18. The summed E-state index contributed by atoms with van der Waals surface area (Å²) in [7, 11) is 0. The molecular formula is C19H32N2O. The maximum Gasteiger partial charge on any atom is 0.225 e. The van der Waals surface area contributed by atoms with Crippen LogP contribution in [0.3, 0.4) is 0 Å². The first kappa shape index (κ1) is 18.7. The molecule has 0 radical (unpaired) electrons. The Balaban J connectivity index is 2.29. The molecule has 124 valence electrons. The summed E-state index contributed by atoms with van der Waals surface area (Å²) < 4.78 is 0. The molecule has 0 saturated carbocycles. The van der Waals surface area contributed by atoms with Crippen LogP contribution in [-0.4, -0.2) is 37.0 Å². The topological polar surface area (TPSA) is 32.3 Å². The number of hydrogen-bond acceptors (Lipinski definition) is 2. The fourth-order valence-corrected chi connectivity index (χ4v) is 2.63. The Morgan fingerprint density at radius 2 is 1.73 bits per heavy atom. The van der Waals surface area contributed by atoms with Gasteiger partial charge in [-0.3, -0.25) is 4.79 Å². The van der Waals surface area contributed by atoms with Crippen LogP contribution in [0.4, 0.5) is 0 Å². The van der Waals surface area contributed by atoms with Crippen molar-refractivity contribution in [2.45, 2.75) is 47.0 Å². The van der Waals surface area contributed by atoms with Crippen molar-refractivity contribution in [3.8, 4) is 0 Å². The molecule has 1 aromatic carbocycles. The van der Waals surface area contributed by atoms with E-state index in [0.717, 1.165) is 45.4 Å². The fraction of sp³-hybridized carbons (Fsp3) is 0.632. The molecule has 0 aliphatic heterocycles. The van der Waals surface area contributed by atoms with Gasteiger partial charge in [0.1, 0.15) is 0 Å². The Labute approximate surface area is 136 Å². The molecule has 0 unspecified atom stereocenters. The van der Waals surface area contributed by atoms with Crippen LogP contribution in [0, 0.1) is 5.41 Å². The summed E-state index contributed by atoms with van der Waals surface area (Å²) in [5.41, 5.74) is 0.851. The van der Waals surface area contributed by atoms with Crippen LogP contribution in [-0.2, 0) is 11.2 Å². The summed E-state index contributed by atoms with van der Waals surface area (Å²) in [6, 6.07) is 10.2. The van der Waals surface area contributed by atoms with Crippen molar-refractivity contribution in [3.63, 3.8) is 0 Å². The van der Waals surface area contributed by atoms with Crippen LogP contribution in [0.1, 0.15) is 46.1 Å². The lowest BCUT2D eigenvalue weighted by Crippen LogP contribution is -2.39. The average Bonchev–Trinajstić information content (AvgIpc) is 2.51. The van der Waals surface area contributed by atoms with Gasteiger partial charge in [0, 0.05) is 12.0 Å². The number of nitrogens with one attached hydrogen (secondary N) is 1. The Morgan fingerprint density at radius 3 is 2.32 bits per heavy atom. The molecule has 0 aliphatic rings. The van der Waals surface area contributed by atoms with Crippen LogP contribution < -0.4 is 5.32 Å². The highest BCUT2D eigenvalue weighted by Crippen LogP contribution is 2.21. The minimum Gasteiger partial charge on any atom is -0.356 e. The summed E-state index contributed by atoms with van der Waals surface area (Å²) in [6.07, 6.45) is 2.96. The maximum atomic E-state index is 12.4. The van der Waals surface area contributed by atoms with Crippen LogP contribution in [0.2, 0.25) is 0 Å². The van der Waals surface area contributed by atoms with E-state index in [1.807, 2.05) is 32.0 Å². The third kappa shape index (κ3) is 6.61. The number of hydrogen-bond donors (Lipinski definition) is 1. The maximum absolute atomic E-state index is 12.4. The van der Waals surface area contributed by atoms with Crippen molar-refractivity contribution in [1.82, 2.24) is 10.2 Å². The Bertz CT molecular complexity index is 424. The number of carbonyl (C=O) groups excluding carboxylic acids is 1. The quantitative estimate of drug-likeness (QED) is 0.671. The first-order valence-electron chi connectivity index (χ1n) is 8.54. The molecule has 3 nitrogen and oxygen atoms in total. The molecule has 1 rings (SSSR count). The molecule has 3 heteroatoms. The van der Waals surface area contributed by atoms with Gasteiger partial charge in [0.15, 0.2) is 0 Å².